The first-order chi connectivity index (χ1) is 8.06. The number of urea groups is 1. The van der Waals surface area contributed by atoms with Crippen molar-refractivity contribution in [1.29, 1.82) is 0 Å². The van der Waals surface area contributed by atoms with Crippen molar-refractivity contribution >= 4 is 6.03 Å². The fourth-order valence-electron chi connectivity index (χ4n) is 1.45. The monoisotopic (exact) mass is 240 g/mol. The summed E-state index contributed by atoms with van der Waals surface area (Å²) < 4.78 is 1.69. The van der Waals surface area contributed by atoms with Crippen LogP contribution in [0, 0.1) is 0 Å². The number of aromatic nitrogens is 2. The highest BCUT2D eigenvalue weighted by Gasteiger charge is 2.13. The lowest BCUT2D eigenvalue weighted by atomic mass is 10.2. The molecule has 0 saturated heterocycles. The molecule has 0 unspecified atom stereocenters. The van der Waals surface area contributed by atoms with Crippen LogP contribution >= 0.6 is 0 Å². The molecular weight excluding hydrogens is 220 g/mol. The van der Waals surface area contributed by atoms with E-state index in [1.807, 2.05) is 27.1 Å². The van der Waals surface area contributed by atoms with E-state index < -0.39 is 0 Å². The zero-order chi connectivity index (χ0) is 12.8. The van der Waals surface area contributed by atoms with Gasteiger partial charge in [-0.25, -0.2) is 4.79 Å². The standard InChI is InChI=1S/C11H20N4O2/c1-4-10(7-16)14-11(17)13-8(2)9-5-12-15(3)6-9/h5-6,8,10,16H,4,7H2,1-3H3,(H2,13,14,17)/t8-,10-/m1/s1. The molecule has 0 radical (unpaired) electrons. The topological polar surface area (TPSA) is 79.2 Å². The number of carbonyl (C=O) groups is 1. The molecule has 0 bridgehead atoms. The van der Waals surface area contributed by atoms with Crippen LogP contribution in [0.3, 0.4) is 0 Å². The van der Waals surface area contributed by atoms with Crippen LogP contribution in [0.5, 0.6) is 0 Å². The molecule has 17 heavy (non-hydrogen) atoms. The van der Waals surface area contributed by atoms with Gasteiger partial charge in [-0.1, -0.05) is 6.92 Å². The van der Waals surface area contributed by atoms with Gasteiger partial charge in [0.05, 0.1) is 24.9 Å². The molecule has 6 heteroatoms. The highest BCUT2D eigenvalue weighted by Crippen LogP contribution is 2.09. The summed E-state index contributed by atoms with van der Waals surface area (Å²) in [6, 6.07) is -0.585. The van der Waals surface area contributed by atoms with Gasteiger partial charge in [-0.2, -0.15) is 5.10 Å². The summed E-state index contributed by atoms with van der Waals surface area (Å²) in [5.74, 6) is 0. The van der Waals surface area contributed by atoms with Crippen molar-refractivity contribution in [3.8, 4) is 0 Å². The Labute approximate surface area is 101 Å². The second-order valence-corrected chi connectivity index (χ2v) is 4.07. The van der Waals surface area contributed by atoms with E-state index in [4.69, 9.17) is 5.11 Å². The number of hydrogen-bond donors (Lipinski definition) is 3. The van der Waals surface area contributed by atoms with Crippen LogP contribution in [0.2, 0.25) is 0 Å². The maximum absolute atomic E-state index is 11.6. The average molecular weight is 240 g/mol. The largest absolute Gasteiger partial charge is 0.394 e. The van der Waals surface area contributed by atoms with Crippen molar-refractivity contribution < 1.29 is 9.90 Å². The van der Waals surface area contributed by atoms with Gasteiger partial charge in [0, 0.05) is 18.8 Å². The summed E-state index contributed by atoms with van der Waals surface area (Å²) in [6.45, 7) is 3.74. The Bertz CT molecular complexity index is 360. The van der Waals surface area contributed by atoms with Crippen LogP contribution in [0.25, 0.3) is 0 Å². The van der Waals surface area contributed by atoms with Crippen molar-refractivity contribution in [3.63, 3.8) is 0 Å². The SMILES string of the molecule is CC[C@H](CO)NC(=O)N[C@H](C)c1cnn(C)c1. The lowest BCUT2D eigenvalue weighted by molar-refractivity contribution is 0.212. The molecule has 1 aromatic rings. The van der Waals surface area contributed by atoms with E-state index >= 15 is 0 Å². The van der Waals surface area contributed by atoms with Crippen LogP contribution in [0.1, 0.15) is 31.9 Å². The Balaban J connectivity index is 2.45. The Morgan fingerprint density at radius 1 is 1.59 bits per heavy atom. The van der Waals surface area contributed by atoms with Gasteiger partial charge in [0.15, 0.2) is 0 Å². The van der Waals surface area contributed by atoms with E-state index in [0.29, 0.717) is 6.42 Å². The van der Waals surface area contributed by atoms with E-state index in [2.05, 4.69) is 15.7 Å². The molecule has 1 heterocycles. The Morgan fingerprint density at radius 3 is 2.76 bits per heavy atom. The number of nitrogens with one attached hydrogen (secondary N) is 2. The number of nitrogens with zero attached hydrogens (tertiary/aromatic N) is 2. The number of aliphatic hydroxyl groups excluding tert-OH is 1. The summed E-state index contributed by atoms with van der Waals surface area (Å²) in [4.78, 5) is 11.6. The Hall–Kier alpha value is -1.56. The summed E-state index contributed by atoms with van der Waals surface area (Å²) >= 11 is 0. The highest BCUT2D eigenvalue weighted by molar-refractivity contribution is 5.74. The van der Waals surface area contributed by atoms with Crippen molar-refractivity contribution in [3.05, 3.63) is 18.0 Å². The summed E-state index contributed by atoms with van der Waals surface area (Å²) in [6.07, 6.45) is 4.27. The quantitative estimate of drug-likeness (QED) is 0.703. The third-order valence-electron chi connectivity index (χ3n) is 2.62. The fourth-order valence-corrected chi connectivity index (χ4v) is 1.45. The molecule has 0 saturated carbocycles. The van der Waals surface area contributed by atoms with Gasteiger partial charge in [0.2, 0.25) is 0 Å². The molecule has 6 nitrogen and oxygen atoms in total. The number of aryl methyl sites for hydroxylation is 1. The first-order valence-corrected chi connectivity index (χ1v) is 5.73. The van der Waals surface area contributed by atoms with Crippen LogP contribution in [0.15, 0.2) is 12.4 Å². The lowest BCUT2D eigenvalue weighted by Gasteiger charge is -2.17. The molecule has 0 aliphatic rings. The summed E-state index contributed by atoms with van der Waals surface area (Å²) in [7, 11) is 1.83. The first-order valence-electron chi connectivity index (χ1n) is 5.73. The van der Waals surface area contributed by atoms with Crippen LogP contribution < -0.4 is 10.6 Å². The van der Waals surface area contributed by atoms with E-state index in [9.17, 15) is 4.79 Å². The van der Waals surface area contributed by atoms with E-state index in [0.717, 1.165) is 5.56 Å². The molecule has 1 rings (SSSR count). The molecule has 0 fully saturated rings. The molecule has 2 amide bonds. The van der Waals surface area contributed by atoms with Gasteiger partial charge in [-0.15, -0.1) is 0 Å². The van der Waals surface area contributed by atoms with Gasteiger partial charge < -0.3 is 15.7 Å². The molecule has 0 aliphatic carbocycles. The summed E-state index contributed by atoms with van der Waals surface area (Å²) in [5.41, 5.74) is 0.944. The normalized spacial score (nSPS) is 14.1. The molecular formula is C11H20N4O2. The first kappa shape index (κ1) is 13.5. The molecule has 0 spiro atoms. The summed E-state index contributed by atoms with van der Waals surface area (Å²) in [5, 5.41) is 18.5. The minimum Gasteiger partial charge on any atom is -0.394 e. The second kappa shape index (κ2) is 6.24. The Kier molecular flexibility index (Phi) is 4.96. The maximum atomic E-state index is 11.6. The fraction of sp³-hybridized carbons (Fsp3) is 0.636. The number of amides is 2. The van der Waals surface area contributed by atoms with Gasteiger partial charge in [-0.3, -0.25) is 4.68 Å². The molecule has 1 aromatic heterocycles. The van der Waals surface area contributed by atoms with Crippen LogP contribution in [-0.4, -0.2) is 33.6 Å². The number of hydrogen-bond acceptors (Lipinski definition) is 3. The third kappa shape index (κ3) is 4.07. The van der Waals surface area contributed by atoms with Crippen molar-refractivity contribution in [2.45, 2.75) is 32.4 Å². The van der Waals surface area contributed by atoms with Gasteiger partial charge in [-0.05, 0) is 13.3 Å². The molecule has 2 atom stereocenters. The lowest BCUT2D eigenvalue weighted by Crippen LogP contribution is -2.44. The molecule has 96 valence electrons. The van der Waals surface area contributed by atoms with Crippen molar-refractivity contribution in [2.75, 3.05) is 6.61 Å². The van der Waals surface area contributed by atoms with E-state index in [1.165, 1.54) is 0 Å². The van der Waals surface area contributed by atoms with Crippen molar-refractivity contribution in [2.24, 2.45) is 7.05 Å². The van der Waals surface area contributed by atoms with E-state index in [-0.39, 0.29) is 24.7 Å². The average Bonchev–Trinajstić information content (AvgIpc) is 2.72. The number of rotatable bonds is 5. The van der Waals surface area contributed by atoms with Gasteiger partial charge in [0.1, 0.15) is 0 Å². The highest BCUT2D eigenvalue weighted by atomic mass is 16.3. The zero-order valence-electron chi connectivity index (χ0n) is 10.5. The van der Waals surface area contributed by atoms with Crippen LogP contribution in [-0.2, 0) is 7.05 Å². The van der Waals surface area contributed by atoms with Gasteiger partial charge >= 0.3 is 6.03 Å². The predicted octanol–water partition coefficient (Wildman–Crippen LogP) is 0.551. The Morgan fingerprint density at radius 2 is 2.29 bits per heavy atom. The minimum atomic E-state index is -0.276. The van der Waals surface area contributed by atoms with Gasteiger partial charge in [0.25, 0.3) is 0 Å². The minimum absolute atomic E-state index is 0.0504. The van der Waals surface area contributed by atoms with Crippen molar-refractivity contribution in [1.82, 2.24) is 20.4 Å². The zero-order valence-corrected chi connectivity index (χ0v) is 10.5. The molecule has 0 aliphatic heterocycles. The number of carbonyl (C=O) groups excluding carboxylic acids is 1. The second-order valence-electron chi connectivity index (χ2n) is 4.07. The predicted molar refractivity (Wildman–Crippen MR) is 64.5 cm³/mol. The maximum Gasteiger partial charge on any atom is 0.315 e. The number of aliphatic hydroxyl groups is 1. The third-order valence-corrected chi connectivity index (χ3v) is 2.62. The molecule has 0 aromatic carbocycles. The van der Waals surface area contributed by atoms with Crippen LogP contribution in [0.4, 0.5) is 4.79 Å². The van der Waals surface area contributed by atoms with E-state index in [1.54, 1.807) is 10.9 Å². The molecule has 3 N–H and O–H groups in total. The smallest absolute Gasteiger partial charge is 0.315 e.